The molecule has 0 spiro atoms. The minimum Gasteiger partial charge on any atom is -0.469 e. The van der Waals surface area contributed by atoms with Crippen LogP contribution in [0.4, 0.5) is 0 Å². The van der Waals surface area contributed by atoms with Crippen molar-refractivity contribution in [2.24, 2.45) is 5.92 Å². The van der Waals surface area contributed by atoms with E-state index in [9.17, 15) is 9.59 Å². The summed E-state index contributed by atoms with van der Waals surface area (Å²) >= 11 is 0. The Morgan fingerprint density at radius 1 is 0.944 bits per heavy atom. The highest BCUT2D eigenvalue weighted by atomic mass is 16.5. The molecule has 0 bridgehead atoms. The van der Waals surface area contributed by atoms with Crippen molar-refractivity contribution in [3.8, 4) is 11.1 Å². The number of ketones is 1. The molecule has 5 heteroatoms. The van der Waals surface area contributed by atoms with Crippen LogP contribution in [0.3, 0.4) is 0 Å². The maximum atomic E-state index is 13.2. The fourth-order valence-electron chi connectivity index (χ4n) is 5.56. The van der Waals surface area contributed by atoms with Gasteiger partial charge in [-0.15, -0.1) is 0 Å². The highest BCUT2D eigenvalue weighted by Gasteiger charge is 2.45. The third-order valence-corrected chi connectivity index (χ3v) is 7.50. The summed E-state index contributed by atoms with van der Waals surface area (Å²) in [5.41, 5.74) is 3.53. The van der Waals surface area contributed by atoms with Crippen LogP contribution in [-0.4, -0.2) is 49.0 Å². The van der Waals surface area contributed by atoms with Gasteiger partial charge in [0.1, 0.15) is 0 Å². The molecule has 192 valence electrons. The average molecular weight is 490 g/mol. The summed E-state index contributed by atoms with van der Waals surface area (Å²) in [6.45, 7) is 2.54. The maximum absolute atomic E-state index is 13.2. The van der Waals surface area contributed by atoms with E-state index in [1.807, 2.05) is 12.1 Å². The largest absolute Gasteiger partial charge is 0.469 e. The Balaban J connectivity index is 1.37. The van der Waals surface area contributed by atoms with Gasteiger partial charge in [-0.05, 0) is 61.9 Å². The van der Waals surface area contributed by atoms with Gasteiger partial charge < -0.3 is 9.47 Å². The van der Waals surface area contributed by atoms with Gasteiger partial charge in [-0.2, -0.15) is 0 Å². The molecule has 1 saturated carbocycles. The molecule has 0 aromatic heterocycles. The zero-order valence-corrected chi connectivity index (χ0v) is 21.4. The van der Waals surface area contributed by atoms with Gasteiger partial charge in [0.15, 0.2) is 5.78 Å². The molecular weight excluding hydrogens is 450 g/mol. The van der Waals surface area contributed by atoms with Crippen LogP contribution in [-0.2, 0) is 25.7 Å². The first-order valence-electron chi connectivity index (χ1n) is 13.4. The van der Waals surface area contributed by atoms with Gasteiger partial charge >= 0.3 is 5.97 Å². The standard InChI is InChI=1S/C31H39NO4/c1-35-30(34)15-9-3-2-8-14-27-29(22-28(33)31(27)32-20-10-5-11-21-32)36-23-24-16-18-26(19-17-24)25-12-6-4-7-13-25/h2-4,6-7,12-13,16-19,27,29,31H,5,8-11,14-15,20-23H2,1H3/t27-,29-,31+/m0/s1. The van der Waals surface area contributed by atoms with E-state index in [4.69, 9.17) is 9.47 Å². The van der Waals surface area contributed by atoms with Crippen molar-refractivity contribution in [2.75, 3.05) is 20.2 Å². The fourth-order valence-corrected chi connectivity index (χ4v) is 5.56. The summed E-state index contributed by atoms with van der Waals surface area (Å²) < 4.78 is 11.1. The number of likely N-dealkylation sites (tertiary alicyclic amines) is 1. The molecule has 2 fully saturated rings. The van der Waals surface area contributed by atoms with Gasteiger partial charge in [-0.1, -0.05) is 73.2 Å². The van der Waals surface area contributed by atoms with Gasteiger partial charge in [0.2, 0.25) is 0 Å². The van der Waals surface area contributed by atoms with E-state index in [0.29, 0.717) is 31.7 Å². The molecule has 36 heavy (non-hydrogen) atoms. The Morgan fingerprint density at radius 3 is 2.36 bits per heavy atom. The van der Waals surface area contributed by atoms with Crippen molar-refractivity contribution in [3.63, 3.8) is 0 Å². The smallest absolute Gasteiger partial charge is 0.305 e. The fraction of sp³-hybridized carbons (Fsp3) is 0.484. The number of hydrogen-bond donors (Lipinski definition) is 0. The second kappa shape index (κ2) is 13.5. The van der Waals surface area contributed by atoms with Gasteiger partial charge in [0.25, 0.3) is 0 Å². The van der Waals surface area contributed by atoms with Gasteiger partial charge in [-0.3, -0.25) is 14.5 Å². The first-order chi connectivity index (χ1) is 17.7. The second-order valence-corrected chi connectivity index (χ2v) is 9.95. The summed E-state index contributed by atoms with van der Waals surface area (Å²) in [5.74, 6) is 0.349. The highest BCUT2D eigenvalue weighted by molar-refractivity contribution is 5.87. The van der Waals surface area contributed by atoms with Crippen LogP contribution in [0.2, 0.25) is 0 Å². The lowest BCUT2D eigenvalue weighted by Crippen LogP contribution is -2.46. The van der Waals surface area contributed by atoms with Gasteiger partial charge in [0, 0.05) is 18.8 Å². The Hall–Kier alpha value is -2.76. The van der Waals surface area contributed by atoms with E-state index < -0.39 is 0 Å². The number of nitrogens with zero attached hydrogens (tertiary/aromatic N) is 1. The number of rotatable bonds is 11. The highest BCUT2D eigenvalue weighted by Crippen LogP contribution is 2.35. The lowest BCUT2D eigenvalue weighted by molar-refractivity contribution is -0.140. The summed E-state index contributed by atoms with van der Waals surface area (Å²) in [5, 5.41) is 0. The molecule has 1 saturated heterocycles. The third-order valence-electron chi connectivity index (χ3n) is 7.50. The number of piperidine rings is 1. The van der Waals surface area contributed by atoms with Crippen LogP contribution >= 0.6 is 0 Å². The summed E-state index contributed by atoms with van der Waals surface area (Å²) in [4.78, 5) is 26.9. The number of carbonyl (C=O) groups is 2. The molecule has 0 radical (unpaired) electrons. The molecule has 1 aliphatic carbocycles. The number of hydrogen-bond acceptors (Lipinski definition) is 5. The second-order valence-electron chi connectivity index (χ2n) is 9.95. The van der Waals surface area contributed by atoms with E-state index in [2.05, 4.69) is 59.5 Å². The molecule has 1 aliphatic heterocycles. The van der Waals surface area contributed by atoms with Crippen molar-refractivity contribution in [2.45, 2.75) is 70.1 Å². The quantitative estimate of drug-likeness (QED) is 0.287. The van der Waals surface area contributed by atoms with Crippen LogP contribution in [0, 0.1) is 5.92 Å². The van der Waals surface area contributed by atoms with Crippen LogP contribution in [0.25, 0.3) is 11.1 Å². The molecule has 5 nitrogen and oxygen atoms in total. The zero-order chi connectivity index (χ0) is 25.2. The first kappa shape index (κ1) is 26.3. The molecule has 3 atom stereocenters. The maximum Gasteiger partial charge on any atom is 0.305 e. The van der Waals surface area contributed by atoms with Crippen LogP contribution in [0.5, 0.6) is 0 Å². The number of ether oxygens (including phenoxy) is 2. The predicted octanol–water partition coefficient (Wildman–Crippen LogP) is 5.97. The summed E-state index contributed by atoms with van der Waals surface area (Å²) in [6.07, 6.45) is 11.1. The third kappa shape index (κ3) is 7.14. The minimum absolute atomic E-state index is 0.0285. The number of allylic oxidation sites excluding steroid dienone is 2. The molecular formula is C31H39NO4. The molecule has 2 aromatic carbocycles. The van der Waals surface area contributed by atoms with Crippen molar-refractivity contribution in [1.29, 1.82) is 0 Å². The van der Waals surface area contributed by atoms with Crippen molar-refractivity contribution in [1.82, 2.24) is 4.90 Å². The molecule has 0 amide bonds. The van der Waals surface area contributed by atoms with Crippen LogP contribution in [0.1, 0.15) is 56.9 Å². The average Bonchev–Trinajstić information content (AvgIpc) is 3.25. The molecule has 4 rings (SSSR count). The normalized spacial score (nSPS) is 22.8. The number of Topliss-reactive ketones (excluding diaryl/α,β-unsaturated/α-hetero) is 1. The Bertz CT molecular complexity index is 995. The van der Waals surface area contributed by atoms with Crippen molar-refractivity contribution in [3.05, 3.63) is 72.3 Å². The van der Waals surface area contributed by atoms with E-state index in [0.717, 1.165) is 31.5 Å². The van der Waals surface area contributed by atoms with Gasteiger partial charge in [-0.25, -0.2) is 0 Å². The van der Waals surface area contributed by atoms with Crippen molar-refractivity contribution < 1.29 is 19.1 Å². The van der Waals surface area contributed by atoms with Gasteiger partial charge in [0.05, 0.1) is 25.9 Å². The van der Waals surface area contributed by atoms with E-state index in [-0.39, 0.29) is 24.0 Å². The van der Waals surface area contributed by atoms with Crippen LogP contribution in [0.15, 0.2) is 66.7 Å². The van der Waals surface area contributed by atoms with E-state index >= 15 is 0 Å². The lowest BCUT2D eigenvalue weighted by atomic mass is 9.92. The lowest BCUT2D eigenvalue weighted by Gasteiger charge is -2.35. The summed E-state index contributed by atoms with van der Waals surface area (Å²) in [6, 6.07) is 18.9. The van der Waals surface area contributed by atoms with Crippen LogP contribution < -0.4 is 0 Å². The molecule has 2 aromatic rings. The predicted molar refractivity (Wildman–Crippen MR) is 142 cm³/mol. The Kier molecular flexibility index (Phi) is 9.88. The minimum atomic E-state index is -0.184. The molecule has 1 heterocycles. The first-order valence-corrected chi connectivity index (χ1v) is 13.4. The monoisotopic (exact) mass is 489 g/mol. The van der Waals surface area contributed by atoms with Crippen molar-refractivity contribution >= 4 is 11.8 Å². The molecule has 2 aliphatic rings. The SMILES string of the molecule is COC(=O)CCC=CCC[C@H]1[C@@H](OCc2ccc(-c3ccccc3)cc2)CC(=O)[C@@H]1N1CCCCC1. The molecule has 0 N–H and O–H groups in total. The van der Waals surface area contributed by atoms with E-state index in [1.54, 1.807) is 0 Å². The van der Waals surface area contributed by atoms with E-state index in [1.165, 1.54) is 37.5 Å². The number of benzene rings is 2. The Labute approximate surface area is 215 Å². The molecule has 0 unspecified atom stereocenters. The number of carbonyl (C=O) groups excluding carboxylic acids is 2. The topological polar surface area (TPSA) is 55.8 Å². The Morgan fingerprint density at radius 2 is 1.64 bits per heavy atom. The number of esters is 1. The number of methoxy groups -OCH3 is 1. The summed E-state index contributed by atoms with van der Waals surface area (Å²) in [7, 11) is 1.42. The zero-order valence-electron chi connectivity index (χ0n) is 21.4.